The molecule has 0 spiro atoms. The third-order valence-electron chi connectivity index (χ3n) is 4.69. The maximum absolute atomic E-state index is 11.3. The van der Waals surface area contributed by atoms with E-state index in [9.17, 15) is 5.11 Å². The maximum Gasteiger partial charge on any atom is 0.191 e. The van der Waals surface area contributed by atoms with E-state index in [1.165, 1.54) is 32.1 Å². The molecule has 2 unspecified atom stereocenters. The van der Waals surface area contributed by atoms with Gasteiger partial charge in [0, 0.05) is 5.41 Å². The number of allylic oxidation sites excluding steroid dienone is 1. The smallest absolute Gasteiger partial charge is 0.191 e. The molecule has 0 aliphatic rings. The highest BCUT2D eigenvalue weighted by atomic mass is 28.4. The second-order valence-corrected chi connectivity index (χ2v) is 12.8. The van der Waals surface area contributed by atoms with Crippen molar-refractivity contribution in [3.8, 4) is 0 Å². The molecule has 0 aromatic rings. The topological polar surface area (TPSA) is 29.5 Å². The zero-order valence-corrected chi connectivity index (χ0v) is 18.0. The molecule has 0 bridgehead atoms. The molecule has 0 saturated heterocycles. The van der Waals surface area contributed by atoms with E-state index >= 15 is 0 Å². The molecule has 138 valence electrons. The van der Waals surface area contributed by atoms with E-state index in [1.807, 2.05) is 6.08 Å². The average molecular weight is 343 g/mol. The molecule has 0 amide bonds. The summed E-state index contributed by atoms with van der Waals surface area (Å²) in [5.41, 5.74) is -0.330. The molecule has 0 aliphatic carbocycles. The number of unbranched alkanes of at least 4 members (excludes halogenated alkanes) is 2. The van der Waals surface area contributed by atoms with Gasteiger partial charge in [0.15, 0.2) is 14.1 Å². The summed E-state index contributed by atoms with van der Waals surface area (Å²) < 4.78 is 6.40. The van der Waals surface area contributed by atoms with Gasteiger partial charge in [0.25, 0.3) is 0 Å². The number of rotatable bonds is 11. The largest absolute Gasteiger partial charge is 0.387 e. The van der Waals surface area contributed by atoms with Gasteiger partial charge in [-0.3, -0.25) is 0 Å². The van der Waals surface area contributed by atoms with Crippen LogP contribution in [0.4, 0.5) is 0 Å². The zero-order chi connectivity index (χ0) is 18.1. The Kier molecular flexibility index (Phi) is 9.95. The molecule has 0 aromatic heterocycles. The Balaban J connectivity index is 5.18. The normalized spacial score (nSPS) is 17.4. The van der Waals surface area contributed by atoms with Gasteiger partial charge in [0.05, 0.1) is 0 Å². The highest BCUT2D eigenvalue weighted by molar-refractivity contribution is 6.71. The Bertz CT molecular complexity index is 344. The van der Waals surface area contributed by atoms with Crippen LogP contribution in [0, 0.1) is 11.3 Å². The fourth-order valence-electron chi connectivity index (χ4n) is 2.68. The van der Waals surface area contributed by atoms with Crippen molar-refractivity contribution in [2.75, 3.05) is 0 Å². The third kappa shape index (κ3) is 8.51. The van der Waals surface area contributed by atoms with Crippen molar-refractivity contribution in [3.05, 3.63) is 12.2 Å². The SMILES string of the molecule is CCCCC(C=CC(O)(O[Si](C)(C)CCCC)C(C)(C)C)CC. The Hall–Kier alpha value is -0.123. The Morgan fingerprint density at radius 1 is 1.04 bits per heavy atom. The second-order valence-electron chi connectivity index (χ2n) is 8.58. The van der Waals surface area contributed by atoms with Gasteiger partial charge in [-0.2, -0.15) is 0 Å². The summed E-state index contributed by atoms with van der Waals surface area (Å²) in [4.78, 5) is 0. The lowest BCUT2D eigenvalue weighted by Gasteiger charge is -2.43. The van der Waals surface area contributed by atoms with Crippen LogP contribution in [-0.4, -0.2) is 19.2 Å². The van der Waals surface area contributed by atoms with Gasteiger partial charge in [0.1, 0.15) is 0 Å². The molecule has 0 radical (unpaired) electrons. The molecule has 0 saturated carbocycles. The average Bonchev–Trinajstić information content (AvgIpc) is 2.44. The molecule has 0 aliphatic heterocycles. The third-order valence-corrected chi connectivity index (χ3v) is 7.11. The lowest BCUT2D eigenvalue weighted by atomic mass is 9.84. The van der Waals surface area contributed by atoms with Crippen LogP contribution in [0.25, 0.3) is 0 Å². The summed E-state index contributed by atoms with van der Waals surface area (Å²) in [6.07, 6.45) is 11.3. The predicted octanol–water partition coefficient (Wildman–Crippen LogP) is 6.52. The van der Waals surface area contributed by atoms with Gasteiger partial charge in [-0.1, -0.05) is 73.3 Å². The van der Waals surface area contributed by atoms with Crippen LogP contribution in [-0.2, 0) is 4.43 Å². The van der Waals surface area contributed by atoms with E-state index in [1.54, 1.807) is 0 Å². The first-order valence-electron chi connectivity index (χ1n) is 9.63. The molecule has 2 atom stereocenters. The highest BCUT2D eigenvalue weighted by Gasteiger charge is 2.43. The lowest BCUT2D eigenvalue weighted by Crippen LogP contribution is -2.51. The molecule has 2 nitrogen and oxygen atoms in total. The molecule has 23 heavy (non-hydrogen) atoms. The zero-order valence-electron chi connectivity index (χ0n) is 17.0. The highest BCUT2D eigenvalue weighted by Crippen LogP contribution is 2.37. The van der Waals surface area contributed by atoms with Gasteiger partial charge in [-0.15, -0.1) is 0 Å². The second kappa shape index (κ2) is 10.0. The fraction of sp³-hybridized carbons (Fsp3) is 0.900. The molecule has 0 fully saturated rings. The van der Waals surface area contributed by atoms with Crippen LogP contribution in [0.1, 0.15) is 80.1 Å². The van der Waals surface area contributed by atoms with Gasteiger partial charge in [0.2, 0.25) is 0 Å². The van der Waals surface area contributed by atoms with Crippen molar-refractivity contribution < 1.29 is 9.53 Å². The Morgan fingerprint density at radius 2 is 1.61 bits per heavy atom. The first-order valence-corrected chi connectivity index (χ1v) is 12.7. The lowest BCUT2D eigenvalue weighted by molar-refractivity contribution is -0.174. The predicted molar refractivity (Wildman–Crippen MR) is 105 cm³/mol. The summed E-state index contributed by atoms with van der Waals surface area (Å²) in [5, 5.41) is 11.3. The monoisotopic (exact) mass is 342 g/mol. The quantitative estimate of drug-likeness (QED) is 0.263. The molecular formula is C20H42O2Si. The van der Waals surface area contributed by atoms with E-state index in [0.29, 0.717) is 5.92 Å². The number of hydrogen-bond donors (Lipinski definition) is 1. The summed E-state index contributed by atoms with van der Waals surface area (Å²) >= 11 is 0. The van der Waals surface area contributed by atoms with Gasteiger partial charge in [-0.25, -0.2) is 0 Å². The Labute approximate surface area is 146 Å². The van der Waals surface area contributed by atoms with E-state index in [-0.39, 0.29) is 5.41 Å². The van der Waals surface area contributed by atoms with Crippen molar-refractivity contribution in [1.82, 2.24) is 0 Å². The minimum Gasteiger partial charge on any atom is -0.387 e. The number of aliphatic hydroxyl groups is 1. The van der Waals surface area contributed by atoms with Crippen LogP contribution in [0.2, 0.25) is 19.1 Å². The van der Waals surface area contributed by atoms with E-state index in [4.69, 9.17) is 4.43 Å². The van der Waals surface area contributed by atoms with Crippen LogP contribution >= 0.6 is 0 Å². The maximum atomic E-state index is 11.3. The van der Waals surface area contributed by atoms with Gasteiger partial charge in [-0.05, 0) is 44.0 Å². The minimum atomic E-state index is -1.88. The summed E-state index contributed by atoms with van der Waals surface area (Å²) in [5.74, 6) is -0.635. The number of hydrogen-bond acceptors (Lipinski definition) is 2. The van der Waals surface area contributed by atoms with Crippen molar-refractivity contribution in [2.45, 2.75) is 105 Å². The first kappa shape index (κ1) is 22.9. The van der Waals surface area contributed by atoms with E-state index in [2.05, 4.69) is 60.7 Å². The van der Waals surface area contributed by atoms with E-state index < -0.39 is 14.1 Å². The first-order chi connectivity index (χ1) is 10.5. The Morgan fingerprint density at radius 3 is 2.04 bits per heavy atom. The van der Waals surface area contributed by atoms with Crippen molar-refractivity contribution in [3.63, 3.8) is 0 Å². The van der Waals surface area contributed by atoms with Gasteiger partial charge >= 0.3 is 0 Å². The van der Waals surface area contributed by atoms with Crippen LogP contribution in [0.3, 0.4) is 0 Å². The van der Waals surface area contributed by atoms with Crippen molar-refractivity contribution >= 4 is 8.32 Å². The standard InChI is InChI=1S/C20H42O2Si/c1-9-12-14-18(11-3)15-16-20(21,19(4,5)6)22-23(7,8)17-13-10-2/h15-16,18,21H,9-14,17H2,1-8H3. The summed E-state index contributed by atoms with van der Waals surface area (Å²) in [6.45, 7) is 17.3. The van der Waals surface area contributed by atoms with Gasteiger partial charge < -0.3 is 9.53 Å². The molecule has 1 N–H and O–H groups in total. The molecular weight excluding hydrogens is 300 g/mol. The summed E-state index contributed by atoms with van der Waals surface area (Å²) in [7, 11) is -1.88. The summed E-state index contributed by atoms with van der Waals surface area (Å²) in [6, 6.07) is 1.10. The molecule has 0 aromatic carbocycles. The minimum absolute atomic E-state index is 0.330. The molecule has 0 rings (SSSR count). The molecule has 3 heteroatoms. The van der Waals surface area contributed by atoms with E-state index in [0.717, 1.165) is 12.5 Å². The molecule has 0 heterocycles. The van der Waals surface area contributed by atoms with Crippen LogP contribution in [0.15, 0.2) is 12.2 Å². The van der Waals surface area contributed by atoms with Crippen LogP contribution < -0.4 is 0 Å². The van der Waals surface area contributed by atoms with Crippen molar-refractivity contribution in [2.24, 2.45) is 11.3 Å². The van der Waals surface area contributed by atoms with Crippen molar-refractivity contribution in [1.29, 1.82) is 0 Å². The fourth-order valence-corrected chi connectivity index (χ4v) is 5.20. The van der Waals surface area contributed by atoms with Crippen LogP contribution in [0.5, 0.6) is 0 Å².